The highest BCUT2D eigenvalue weighted by Gasteiger charge is 2.14. The molecule has 1 N–H and O–H groups in total. The van der Waals surface area contributed by atoms with E-state index in [1.807, 2.05) is 27.7 Å². The van der Waals surface area contributed by atoms with Gasteiger partial charge >= 0.3 is 0 Å². The monoisotopic (exact) mass is 193 g/mol. The van der Waals surface area contributed by atoms with E-state index in [4.69, 9.17) is 0 Å². The van der Waals surface area contributed by atoms with Gasteiger partial charge in [0.25, 0.3) is 0 Å². The molecule has 4 heteroatoms. The number of hydrogen-bond donors (Lipinski definition) is 1. The standard InChI is InChI=1S/C8H19NO2S/c1-5-8(4)9-12(10,11)6-7(2)3/h7-9H,5-6H2,1-4H3. The van der Waals surface area contributed by atoms with Crippen molar-refractivity contribution < 1.29 is 8.42 Å². The van der Waals surface area contributed by atoms with Crippen molar-refractivity contribution in [2.75, 3.05) is 5.75 Å². The van der Waals surface area contributed by atoms with Crippen molar-refractivity contribution in [3.63, 3.8) is 0 Å². The molecule has 1 unspecified atom stereocenters. The van der Waals surface area contributed by atoms with E-state index in [0.717, 1.165) is 6.42 Å². The fourth-order valence-electron chi connectivity index (χ4n) is 0.877. The summed E-state index contributed by atoms with van der Waals surface area (Å²) >= 11 is 0. The average molecular weight is 193 g/mol. The van der Waals surface area contributed by atoms with Gasteiger partial charge in [-0.15, -0.1) is 0 Å². The van der Waals surface area contributed by atoms with Crippen LogP contribution in [0.2, 0.25) is 0 Å². The van der Waals surface area contributed by atoms with Crippen molar-refractivity contribution in [3.8, 4) is 0 Å². The van der Waals surface area contributed by atoms with Crippen LogP contribution in [0.25, 0.3) is 0 Å². The second-order valence-electron chi connectivity index (χ2n) is 3.60. The van der Waals surface area contributed by atoms with Gasteiger partial charge < -0.3 is 0 Å². The van der Waals surface area contributed by atoms with Gasteiger partial charge in [0.15, 0.2) is 0 Å². The molecule has 0 aromatic rings. The highest BCUT2D eigenvalue weighted by atomic mass is 32.2. The van der Waals surface area contributed by atoms with Crippen LogP contribution in [0.15, 0.2) is 0 Å². The van der Waals surface area contributed by atoms with E-state index in [9.17, 15) is 8.42 Å². The minimum absolute atomic E-state index is 0.0498. The third kappa shape index (κ3) is 5.55. The van der Waals surface area contributed by atoms with Crippen molar-refractivity contribution in [2.24, 2.45) is 5.92 Å². The first-order chi connectivity index (χ1) is 5.37. The summed E-state index contributed by atoms with van der Waals surface area (Å²) in [7, 11) is -3.04. The van der Waals surface area contributed by atoms with Crippen molar-refractivity contribution in [2.45, 2.75) is 40.2 Å². The van der Waals surface area contributed by atoms with Gasteiger partial charge in [-0.2, -0.15) is 0 Å². The van der Waals surface area contributed by atoms with Gasteiger partial charge in [-0.05, 0) is 19.3 Å². The van der Waals surface area contributed by atoms with Crippen molar-refractivity contribution in [1.29, 1.82) is 0 Å². The smallest absolute Gasteiger partial charge is 0.212 e. The maximum absolute atomic E-state index is 11.3. The molecular formula is C8H19NO2S. The Hall–Kier alpha value is -0.0900. The molecule has 0 saturated carbocycles. The Morgan fingerprint density at radius 3 is 2.08 bits per heavy atom. The van der Waals surface area contributed by atoms with Crippen LogP contribution in [0, 0.1) is 5.92 Å². The molecule has 0 aliphatic heterocycles. The lowest BCUT2D eigenvalue weighted by Gasteiger charge is -2.13. The highest BCUT2D eigenvalue weighted by Crippen LogP contribution is 2.00. The lowest BCUT2D eigenvalue weighted by molar-refractivity contribution is 0.545. The van der Waals surface area contributed by atoms with Crippen molar-refractivity contribution >= 4 is 10.0 Å². The topological polar surface area (TPSA) is 46.2 Å². The molecule has 74 valence electrons. The first-order valence-corrected chi connectivity index (χ1v) is 6.02. The molecule has 0 spiro atoms. The molecule has 3 nitrogen and oxygen atoms in total. The summed E-state index contributed by atoms with van der Waals surface area (Å²) in [6.45, 7) is 7.63. The fraction of sp³-hybridized carbons (Fsp3) is 1.00. The van der Waals surface area contributed by atoms with Crippen LogP contribution in [0.4, 0.5) is 0 Å². The maximum Gasteiger partial charge on any atom is 0.212 e. The molecule has 0 amide bonds. The molecule has 0 radical (unpaired) electrons. The number of nitrogens with one attached hydrogen (secondary N) is 1. The average Bonchev–Trinajstić information content (AvgIpc) is 1.83. The Bertz CT molecular complexity index is 209. The summed E-state index contributed by atoms with van der Waals surface area (Å²) in [5.41, 5.74) is 0. The largest absolute Gasteiger partial charge is 0.212 e. The molecule has 12 heavy (non-hydrogen) atoms. The molecular weight excluding hydrogens is 174 g/mol. The summed E-state index contributed by atoms with van der Waals surface area (Å²) in [6.07, 6.45) is 0.831. The minimum atomic E-state index is -3.04. The zero-order valence-corrected chi connectivity index (χ0v) is 9.11. The first-order valence-electron chi connectivity index (χ1n) is 4.37. The van der Waals surface area contributed by atoms with E-state index in [1.165, 1.54) is 0 Å². The Kier molecular flexibility index (Phi) is 4.78. The van der Waals surface area contributed by atoms with Crippen LogP contribution in [-0.2, 0) is 10.0 Å². The summed E-state index contributed by atoms with van der Waals surface area (Å²) < 4.78 is 25.2. The third-order valence-corrected chi connectivity index (χ3v) is 3.41. The second-order valence-corrected chi connectivity index (χ2v) is 5.40. The molecule has 0 saturated heterocycles. The zero-order valence-electron chi connectivity index (χ0n) is 8.29. The SMILES string of the molecule is CCC(C)NS(=O)(=O)CC(C)C. The van der Waals surface area contributed by atoms with Crippen LogP contribution >= 0.6 is 0 Å². The van der Waals surface area contributed by atoms with Gasteiger partial charge in [0.2, 0.25) is 10.0 Å². The lowest BCUT2D eigenvalue weighted by atomic mass is 10.3. The summed E-state index contributed by atoms with van der Waals surface area (Å²) in [6, 6.07) is 0.0498. The second kappa shape index (κ2) is 4.82. The van der Waals surface area contributed by atoms with Gasteiger partial charge in [-0.3, -0.25) is 0 Å². The summed E-state index contributed by atoms with van der Waals surface area (Å²) in [4.78, 5) is 0. The van der Waals surface area contributed by atoms with Gasteiger partial charge in [0.1, 0.15) is 0 Å². The van der Waals surface area contributed by atoms with Gasteiger partial charge in [0.05, 0.1) is 5.75 Å². The molecule has 0 fully saturated rings. The zero-order chi connectivity index (χ0) is 9.78. The van der Waals surface area contributed by atoms with Crippen LogP contribution in [0.1, 0.15) is 34.1 Å². The third-order valence-electron chi connectivity index (χ3n) is 1.55. The Labute approximate surface area is 75.6 Å². The Morgan fingerprint density at radius 1 is 1.25 bits per heavy atom. The van der Waals surface area contributed by atoms with Crippen LogP contribution in [0.3, 0.4) is 0 Å². The maximum atomic E-state index is 11.3. The summed E-state index contributed by atoms with van der Waals surface area (Å²) in [5.74, 6) is 0.406. The Morgan fingerprint density at radius 2 is 1.75 bits per heavy atom. The highest BCUT2D eigenvalue weighted by molar-refractivity contribution is 7.89. The van der Waals surface area contributed by atoms with E-state index in [2.05, 4.69) is 4.72 Å². The molecule has 0 bridgehead atoms. The van der Waals surface area contributed by atoms with E-state index < -0.39 is 10.0 Å². The summed E-state index contributed by atoms with van der Waals surface area (Å²) in [5, 5.41) is 0. The number of sulfonamides is 1. The molecule has 1 atom stereocenters. The first kappa shape index (κ1) is 11.9. The van der Waals surface area contributed by atoms with Gasteiger partial charge in [0, 0.05) is 6.04 Å². The molecule has 0 heterocycles. The van der Waals surface area contributed by atoms with E-state index in [1.54, 1.807) is 0 Å². The van der Waals surface area contributed by atoms with Gasteiger partial charge in [-0.1, -0.05) is 20.8 Å². The quantitative estimate of drug-likeness (QED) is 0.716. The van der Waals surface area contributed by atoms with Crippen LogP contribution < -0.4 is 4.72 Å². The van der Waals surface area contributed by atoms with Crippen molar-refractivity contribution in [1.82, 2.24) is 4.72 Å². The van der Waals surface area contributed by atoms with Crippen LogP contribution in [-0.4, -0.2) is 20.2 Å². The van der Waals surface area contributed by atoms with Crippen LogP contribution in [0.5, 0.6) is 0 Å². The lowest BCUT2D eigenvalue weighted by Crippen LogP contribution is -2.35. The number of rotatable bonds is 5. The predicted octanol–water partition coefficient (Wildman–Crippen LogP) is 1.36. The fourth-order valence-corrected chi connectivity index (χ4v) is 2.63. The van der Waals surface area contributed by atoms with E-state index in [-0.39, 0.29) is 17.7 Å². The van der Waals surface area contributed by atoms with E-state index >= 15 is 0 Å². The molecule has 0 aliphatic rings. The Balaban J connectivity index is 4.05. The molecule has 0 rings (SSSR count). The van der Waals surface area contributed by atoms with E-state index in [0.29, 0.717) is 0 Å². The van der Waals surface area contributed by atoms with Crippen molar-refractivity contribution in [3.05, 3.63) is 0 Å². The normalized spacial score (nSPS) is 15.1. The molecule has 0 aromatic heterocycles. The van der Waals surface area contributed by atoms with Gasteiger partial charge in [-0.25, -0.2) is 13.1 Å². The predicted molar refractivity (Wildman–Crippen MR) is 51.5 cm³/mol. The molecule has 0 aromatic carbocycles. The number of hydrogen-bond acceptors (Lipinski definition) is 2. The molecule has 0 aliphatic carbocycles. The minimum Gasteiger partial charge on any atom is -0.212 e.